The second kappa shape index (κ2) is 6.24. The number of nitrogens with zero attached hydrogens (tertiary/aromatic N) is 1. The molecule has 2 aromatic rings. The highest BCUT2D eigenvalue weighted by molar-refractivity contribution is 5.89. The molecule has 0 radical (unpaired) electrons. The number of carbonyl (C=O) groups excluding carboxylic acids is 1. The number of hydrogen-bond donors (Lipinski definition) is 2. The molecule has 3 rings (SSSR count). The highest BCUT2D eigenvalue weighted by Crippen LogP contribution is 2.35. The van der Waals surface area contributed by atoms with Crippen molar-refractivity contribution in [2.75, 3.05) is 0 Å². The van der Waals surface area contributed by atoms with Gasteiger partial charge in [-0.3, -0.25) is 4.79 Å². The molecule has 6 nitrogen and oxygen atoms in total. The highest BCUT2D eigenvalue weighted by atomic mass is 16.4. The standard InChI is InChI=1S/C17H18N2O4/c20-14(19-17(9-10-17)16(21)22)7-4-8-15-18-11-13(23-15)12-5-2-1-3-6-12/h1-3,5-6,11H,4,7-10H2,(H,19,20)(H,21,22). The van der Waals surface area contributed by atoms with Crippen LogP contribution in [-0.4, -0.2) is 27.5 Å². The largest absolute Gasteiger partial charge is 0.480 e. The molecule has 120 valence electrons. The maximum atomic E-state index is 11.8. The van der Waals surface area contributed by atoms with Gasteiger partial charge in [0.05, 0.1) is 6.20 Å². The second-order valence-corrected chi connectivity index (χ2v) is 5.77. The lowest BCUT2D eigenvalue weighted by molar-refractivity contribution is -0.143. The number of amides is 1. The smallest absolute Gasteiger partial charge is 0.329 e. The highest BCUT2D eigenvalue weighted by Gasteiger charge is 2.51. The Kier molecular flexibility index (Phi) is 4.14. The van der Waals surface area contributed by atoms with Gasteiger partial charge in [0.25, 0.3) is 0 Å². The minimum absolute atomic E-state index is 0.236. The zero-order valence-corrected chi connectivity index (χ0v) is 12.6. The molecule has 6 heteroatoms. The van der Waals surface area contributed by atoms with E-state index in [0.717, 1.165) is 5.56 Å². The average molecular weight is 314 g/mol. The summed E-state index contributed by atoms with van der Waals surface area (Å²) in [4.78, 5) is 27.0. The van der Waals surface area contributed by atoms with Gasteiger partial charge in [0, 0.05) is 18.4 Å². The zero-order chi connectivity index (χ0) is 16.3. The number of aryl methyl sites for hydroxylation is 1. The Bertz CT molecular complexity index is 704. The first kappa shape index (κ1) is 15.3. The number of aromatic nitrogens is 1. The van der Waals surface area contributed by atoms with Crippen LogP contribution < -0.4 is 5.32 Å². The summed E-state index contributed by atoms with van der Waals surface area (Å²) in [5.41, 5.74) is -0.0540. The predicted octanol–water partition coefficient (Wildman–Crippen LogP) is 2.40. The van der Waals surface area contributed by atoms with Crippen LogP contribution >= 0.6 is 0 Å². The molecular formula is C17H18N2O4. The fraction of sp³-hybridized carbons (Fsp3) is 0.353. The predicted molar refractivity (Wildman–Crippen MR) is 82.6 cm³/mol. The van der Waals surface area contributed by atoms with Crippen molar-refractivity contribution in [2.24, 2.45) is 0 Å². The third-order valence-electron chi connectivity index (χ3n) is 3.94. The van der Waals surface area contributed by atoms with Crippen molar-refractivity contribution in [1.82, 2.24) is 10.3 Å². The van der Waals surface area contributed by atoms with Crippen molar-refractivity contribution in [3.8, 4) is 11.3 Å². The molecule has 0 atom stereocenters. The molecule has 0 unspecified atom stereocenters. The summed E-state index contributed by atoms with van der Waals surface area (Å²) in [5.74, 6) is 0.0923. The third kappa shape index (κ3) is 3.59. The van der Waals surface area contributed by atoms with Crippen LogP contribution in [0.25, 0.3) is 11.3 Å². The molecule has 0 aliphatic heterocycles. The van der Waals surface area contributed by atoms with Gasteiger partial charge in [-0.2, -0.15) is 0 Å². The number of nitrogens with one attached hydrogen (secondary N) is 1. The van der Waals surface area contributed by atoms with Gasteiger partial charge < -0.3 is 14.8 Å². The molecule has 1 amide bonds. The molecule has 1 aromatic heterocycles. The van der Waals surface area contributed by atoms with Gasteiger partial charge in [-0.05, 0) is 19.3 Å². The molecule has 23 heavy (non-hydrogen) atoms. The number of benzene rings is 1. The summed E-state index contributed by atoms with van der Waals surface area (Å²) in [7, 11) is 0. The van der Waals surface area contributed by atoms with Gasteiger partial charge in [-0.15, -0.1) is 0 Å². The van der Waals surface area contributed by atoms with Gasteiger partial charge in [-0.25, -0.2) is 9.78 Å². The maximum Gasteiger partial charge on any atom is 0.329 e. The van der Waals surface area contributed by atoms with Gasteiger partial charge >= 0.3 is 5.97 Å². The normalized spacial score (nSPS) is 15.1. The molecule has 0 spiro atoms. The lowest BCUT2D eigenvalue weighted by Gasteiger charge is -2.11. The van der Waals surface area contributed by atoms with E-state index in [1.807, 2.05) is 30.3 Å². The first-order chi connectivity index (χ1) is 11.1. The Labute approximate surface area is 133 Å². The van der Waals surface area contributed by atoms with Crippen LogP contribution in [0.2, 0.25) is 0 Å². The van der Waals surface area contributed by atoms with Crippen molar-refractivity contribution in [3.05, 3.63) is 42.4 Å². The van der Waals surface area contributed by atoms with Gasteiger partial charge in [0.2, 0.25) is 5.91 Å². The Hall–Kier alpha value is -2.63. The summed E-state index contributed by atoms with van der Waals surface area (Å²) >= 11 is 0. The molecule has 2 N–H and O–H groups in total. The number of aliphatic carboxylic acids is 1. The molecule has 1 aromatic carbocycles. The first-order valence-electron chi connectivity index (χ1n) is 7.64. The lowest BCUT2D eigenvalue weighted by atomic mass is 10.2. The fourth-order valence-corrected chi connectivity index (χ4v) is 2.41. The number of carboxylic acid groups (broad SMARTS) is 1. The van der Waals surface area contributed by atoms with E-state index >= 15 is 0 Å². The number of hydrogen-bond acceptors (Lipinski definition) is 4. The molecule has 1 saturated carbocycles. The van der Waals surface area contributed by atoms with Gasteiger partial charge in [0.1, 0.15) is 5.54 Å². The number of carboxylic acids is 1. The van der Waals surface area contributed by atoms with E-state index in [9.17, 15) is 9.59 Å². The van der Waals surface area contributed by atoms with Crippen LogP contribution in [0.4, 0.5) is 0 Å². The van der Waals surface area contributed by atoms with Crippen molar-refractivity contribution in [2.45, 2.75) is 37.6 Å². The quantitative estimate of drug-likeness (QED) is 0.818. The minimum atomic E-state index is -1.01. The van der Waals surface area contributed by atoms with E-state index in [1.165, 1.54) is 0 Å². The Morgan fingerprint density at radius 2 is 2.00 bits per heavy atom. The van der Waals surface area contributed by atoms with E-state index in [0.29, 0.717) is 37.3 Å². The van der Waals surface area contributed by atoms with E-state index < -0.39 is 11.5 Å². The molecule has 1 aliphatic carbocycles. The van der Waals surface area contributed by atoms with E-state index in [1.54, 1.807) is 6.20 Å². The molecule has 1 aliphatic rings. The van der Waals surface area contributed by atoms with E-state index in [4.69, 9.17) is 9.52 Å². The first-order valence-corrected chi connectivity index (χ1v) is 7.64. The Morgan fingerprint density at radius 1 is 1.26 bits per heavy atom. The van der Waals surface area contributed by atoms with Crippen LogP contribution in [-0.2, 0) is 16.0 Å². The van der Waals surface area contributed by atoms with Gasteiger partial charge in [-0.1, -0.05) is 30.3 Å². The maximum absolute atomic E-state index is 11.8. The van der Waals surface area contributed by atoms with Crippen LogP contribution in [0.15, 0.2) is 40.9 Å². The number of carbonyl (C=O) groups is 2. The lowest BCUT2D eigenvalue weighted by Crippen LogP contribution is -2.42. The van der Waals surface area contributed by atoms with Crippen molar-refractivity contribution in [3.63, 3.8) is 0 Å². The second-order valence-electron chi connectivity index (χ2n) is 5.77. The van der Waals surface area contributed by atoms with Gasteiger partial charge in [0.15, 0.2) is 11.7 Å². The molecule has 1 fully saturated rings. The topological polar surface area (TPSA) is 92.4 Å². The molecule has 1 heterocycles. The zero-order valence-electron chi connectivity index (χ0n) is 12.6. The summed E-state index contributed by atoms with van der Waals surface area (Å²) in [6.45, 7) is 0. The van der Waals surface area contributed by atoms with Crippen LogP contribution in [0, 0.1) is 0 Å². The van der Waals surface area contributed by atoms with Crippen molar-refractivity contribution >= 4 is 11.9 Å². The molecular weight excluding hydrogens is 296 g/mol. The summed E-state index contributed by atoms with van der Waals surface area (Å²) < 4.78 is 5.67. The summed E-state index contributed by atoms with van der Waals surface area (Å²) in [5, 5.41) is 11.6. The van der Waals surface area contributed by atoms with Crippen molar-refractivity contribution in [1.29, 1.82) is 0 Å². The molecule has 0 saturated heterocycles. The van der Waals surface area contributed by atoms with Crippen LogP contribution in [0.3, 0.4) is 0 Å². The van der Waals surface area contributed by atoms with E-state index in [2.05, 4.69) is 10.3 Å². The monoisotopic (exact) mass is 314 g/mol. The number of rotatable bonds is 7. The Morgan fingerprint density at radius 3 is 2.65 bits per heavy atom. The third-order valence-corrected chi connectivity index (χ3v) is 3.94. The minimum Gasteiger partial charge on any atom is -0.480 e. The van der Waals surface area contributed by atoms with Crippen LogP contribution in [0.5, 0.6) is 0 Å². The van der Waals surface area contributed by atoms with Crippen molar-refractivity contribution < 1.29 is 19.1 Å². The van der Waals surface area contributed by atoms with Crippen LogP contribution in [0.1, 0.15) is 31.6 Å². The molecule has 0 bridgehead atoms. The summed E-state index contributed by atoms with van der Waals surface area (Å²) in [6.07, 6.45) is 4.06. The van der Waals surface area contributed by atoms with E-state index in [-0.39, 0.29) is 12.3 Å². The average Bonchev–Trinajstić information content (AvgIpc) is 3.17. The SMILES string of the molecule is O=C(CCCc1ncc(-c2ccccc2)o1)NC1(C(=O)O)CC1. The number of oxazole rings is 1. The Balaban J connectivity index is 1.47. The fourth-order valence-electron chi connectivity index (χ4n) is 2.41. The summed E-state index contributed by atoms with van der Waals surface area (Å²) in [6, 6.07) is 9.68.